The molecule has 0 amide bonds. The molecule has 0 bridgehead atoms. The van der Waals surface area contributed by atoms with Crippen LogP contribution < -0.4 is 10.2 Å². The van der Waals surface area contributed by atoms with Gasteiger partial charge in [0.15, 0.2) is 5.82 Å². The lowest BCUT2D eigenvalue weighted by Gasteiger charge is -2.24. The fourth-order valence-corrected chi connectivity index (χ4v) is 3.35. The number of nitrogens with zero attached hydrogens (tertiary/aromatic N) is 2. The average Bonchev–Trinajstić information content (AvgIpc) is 2.93. The van der Waals surface area contributed by atoms with E-state index in [-0.39, 0.29) is 12.0 Å². The molecule has 5 nitrogen and oxygen atoms in total. The normalized spacial score (nSPS) is 25.3. The summed E-state index contributed by atoms with van der Waals surface area (Å²) in [5.41, 5.74) is 0.782. The zero-order chi connectivity index (χ0) is 13.6. The number of carboxylic acids is 1. The van der Waals surface area contributed by atoms with Gasteiger partial charge in [0.05, 0.1) is 23.3 Å². The van der Waals surface area contributed by atoms with Gasteiger partial charge in [-0.25, -0.2) is 4.98 Å². The van der Waals surface area contributed by atoms with Crippen LogP contribution >= 0.6 is 23.2 Å². The number of aliphatic carboxylic acids is 1. The summed E-state index contributed by atoms with van der Waals surface area (Å²) < 4.78 is 0. The minimum Gasteiger partial charge on any atom is -0.481 e. The second kappa shape index (κ2) is 4.72. The standard InChI is InChI=1S/C12H13Cl2N3O2/c13-8-4-9(14)16-11-10(8)15-5-17(11)7-2-1-6(3-7)12(18)19/h4,6-7,15H,1-3,5H2,(H,18,19). The highest BCUT2D eigenvalue weighted by atomic mass is 35.5. The van der Waals surface area contributed by atoms with Crippen molar-refractivity contribution in [2.75, 3.05) is 16.9 Å². The van der Waals surface area contributed by atoms with Crippen LogP contribution in [0.4, 0.5) is 11.5 Å². The predicted octanol–water partition coefficient (Wildman–Crippen LogP) is 2.83. The first-order valence-corrected chi connectivity index (χ1v) is 6.91. The fraction of sp³-hybridized carbons (Fsp3) is 0.500. The van der Waals surface area contributed by atoms with Gasteiger partial charge < -0.3 is 15.3 Å². The molecule has 0 radical (unpaired) electrons. The second-order valence-corrected chi connectivity index (χ2v) is 5.73. The minimum absolute atomic E-state index is 0.178. The minimum atomic E-state index is -0.716. The summed E-state index contributed by atoms with van der Waals surface area (Å²) in [6, 6.07) is 1.78. The SMILES string of the molecule is O=C(O)C1CCC(N2CNc3c(Cl)cc(Cl)nc32)C1. The van der Waals surface area contributed by atoms with Crippen molar-refractivity contribution >= 4 is 40.7 Å². The largest absolute Gasteiger partial charge is 0.481 e. The molecule has 0 spiro atoms. The molecule has 1 saturated carbocycles. The summed E-state index contributed by atoms with van der Waals surface area (Å²) in [7, 11) is 0. The maximum Gasteiger partial charge on any atom is 0.306 e. The molecule has 102 valence electrons. The third-order valence-corrected chi connectivity index (χ3v) is 4.31. The van der Waals surface area contributed by atoms with Crippen molar-refractivity contribution in [3.8, 4) is 0 Å². The maximum atomic E-state index is 11.0. The van der Waals surface area contributed by atoms with E-state index in [4.69, 9.17) is 28.3 Å². The molecule has 1 aliphatic carbocycles. The van der Waals surface area contributed by atoms with Gasteiger partial charge in [-0.15, -0.1) is 0 Å². The van der Waals surface area contributed by atoms with Crippen LogP contribution in [-0.2, 0) is 4.79 Å². The smallest absolute Gasteiger partial charge is 0.306 e. The number of carboxylic acid groups (broad SMARTS) is 1. The molecule has 2 atom stereocenters. The Balaban J connectivity index is 1.85. The van der Waals surface area contributed by atoms with Crippen molar-refractivity contribution in [3.05, 3.63) is 16.2 Å². The number of anilines is 2. The van der Waals surface area contributed by atoms with Gasteiger partial charge in [0.2, 0.25) is 0 Å². The van der Waals surface area contributed by atoms with E-state index in [2.05, 4.69) is 15.2 Å². The number of nitrogens with one attached hydrogen (secondary N) is 1. The van der Waals surface area contributed by atoms with Crippen molar-refractivity contribution in [1.82, 2.24) is 4.98 Å². The molecule has 1 fully saturated rings. The number of pyridine rings is 1. The Morgan fingerprint density at radius 1 is 1.47 bits per heavy atom. The molecule has 0 saturated heterocycles. The molecule has 19 heavy (non-hydrogen) atoms. The second-order valence-electron chi connectivity index (χ2n) is 4.93. The summed E-state index contributed by atoms with van der Waals surface area (Å²) in [6.07, 6.45) is 2.20. The van der Waals surface area contributed by atoms with Crippen molar-refractivity contribution in [2.24, 2.45) is 5.92 Å². The van der Waals surface area contributed by atoms with Gasteiger partial charge in [-0.05, 0) is 25.3 Å². The van der Waals surface area contributed by atoms with Gasteiger partial charge in [-0.1, -0.05) is 23.2 Å². The molecule has 1 aliphatic heterocycles. The number of rotatable bonds is 2. The first kappa shape index (κ1) is 12.8. The van der Waals surface area contributed by atoms with Crippen molar-refractivity contribution in [2.45, 2.75) is 25.3 Å². The Morgan fingerprint density at radius 2 is 2.26 bits per heavy atom. The Bertz CT molecular complexity index is 538. The van der Waals surface area contributed by atoms with Gasteiger partial charge in [0.25, 0.3) is 0 Å². The Morgan fingerprint density at radius 3 is 2.95 bits per heavy atom. The van der Waals surface area contributed by atoms with Crippen LogP contribution in [0.1, 0.15) is 19.3 Å². The van der Waals surface area contributed by atoms with E-state index in [0.717, 1.165) is 17.9 Å². The van der Waals surface area contributed by atoms with Gasteiger partial charge in [0, 0.05) is 6.04 Å². The monoisotopic (exact) mass is 301 g/mol. The Labute approximate surface area is 120 Å². The molecule has 2 aliphatic rings. The predicted molar refractivity (Wildman–Crippen MR) is 74.0 cm³/mol. The zero-order valence-electron chi connectivity index (χ0n) is 10.1. The molecule has 2 heterocycles. The van der Waals surface area contributed by atoms with Gasteiger partial charge >= 0.3 is 5.97 Å². The molecular weight excluding hydrogens is 289 g/mol. The summed E-state index contributed by atoms with van der Waals surface area (Å²) >= 11 is 12.1. The van der Waals surface area contributed by atoms with Crippen LogP contribution in [0.25, 0.3) is 0 Å². The number of hydrogen-bond donors (Lipinski definition) is 2. The first-order valence-electron chi connectivity index (χ1n) is 6.15. The van der Waals surface area contributed by atoms with E-state index < -0.39 is 5.97 Å². The zero-order valence-corrected chi connectivity index (χ0v) is 11.6. The maximum absolute atomic E-state index is 11.0. The van der Waals surface area contributed by atoms with E-state index in [1.807, 2.05) is 0 Å². The number of carbonyl (C=O) groups is 1. The Hall–Kier alpha value is -1.20. The lowest BCUT2D eigenvalue weighted by molar-refractivity contribution is -0.141. The average molecular weight is 302 g/mol. The summed E-state index contributed by atoms with van der Waals surface area (Å²) in [6.45, 7) is 0.597. The third-order valence-electron chi connectivity index (χ3n) is 3.81. The quantitative estimate of drug-likeness (QED) is 0.822. The molecule has 1 aromatic rings. The Kier molecular flexibility index (Phi) is 3.19. The van der Waals surface area contributed by atoms with E-state index in [9.17, 15) is 4.79 Å². The first-order chi connectivity index (χ1) is 9.06. The lowest BCUT2D eigenvalue weighted by Crippen LogP contribution is -2.34. The molecule has 1 aromatic heterocycles. The van der Waals surface area contributed by atoms with Crippen molar-refractivity contribution in [1.29, 1.82) is 0 Å². The number of halogens is 2. The van der Waals surface area contributed by atoms with Crippen LogP contribution in [0.15, 0.2) is 6.07 Å². The molecular formula is C12H13Cl2N3O2. The summed E-state index contributed by atoms with van der Waals surface area (Å²) in [4.78, 5) is 17.4. The van der Waals surface area contributed by atoms with Crippen LogP contribution in [-0.4, -0.2) is 28.8 Å². The molecule has 2 N–H and O–H groups in total. The van der Waals surface area contributed by atoms with Crippen LogP contribution in [0.3, 0.4) is 0 Å². The van der Waals surface area contributed by atoms with E-state index in [0.29, 0.717) is 29.7 Å². The van der Waals surface area contributed by atoms with E-state index in [1.54, 1.807) is 6.07 Å². The molecule has 0 aromatic carbocycles. The van der Waals surface area contributed by atoms with Gasteiger partial charge in [-0.2, -0.15) is 0 Å². The highest BCUT2D eigenvalue weighted by Gasteiger charge is 2.37. The number of fused-ring (bicyclic) bond motifs is 1. The summed E-state index contributed by atoms with van der Waals surface area (Å²) in [5.74, 6) is -0.246. The number of aromatic nitrogens is 1. The molecule has 3 rings (SSSR count). The van der Waals surface area contributed by atoms with Crippen LogP contribution in [0.2, 0.25) is 10.2 Å². The third kappa shape index (κ3) is 2.21. The fourth-order valence-electron chi connectivity index (χ4n) is 2.85. The van der Waals surface area contributed by atoms with Crippen LogP contribution in [0.5, 0.6) is 0 Å². The van der Waals surface area contributed by atoms with Crippen molar-refractivity contribution in [3.63, 3.8) is 0 Å². The van der Waals surface area contributed by atoms with E-state index in [1.165, 1.54) is 0 Å². The van der Waals surface area contributed by atoms with Crippen LogP contribution in [0, 0.1) is 5.92 Å². The lowest BCUT2D eigenvalue weighted by atomic mass is 10.1. The highest BCUT2D eigenvalue weighted by Crippen LogP contribution is 2.41. The topological polar surface area (TPSA) is 65.5 Å². The van der Waals surface area contributed by atoms with Crippen molar-refractivity contribution < 1.29 is 9.90 Å². The summed E-state index contributed by atoms with van der Waals surface area (Å²) in [5, 5.41) is 13.2. The number of hydrogen-bond acceptors (Lipinski definition) is 4. The van der Waals surface area contributed by atoms with E-state index >= 15 is 0 Å². The molecule has 7 heteroatoms. The van der Waals surface area contributed by atoms with Gasteiger partial charge in [-0.3, -0.25) is 4.79 Å². The highest BCUT2D eigenvalue weighted by molar-refractivity contribution is 6.36. The molecule has 2 unspecified atom stereocenters. The van der Waals surface area contributed by atoms with Gasteiger partial charge in [0.1, 0.15) is 5.15 Å².